The maximum Gasteiger partial charge on any atom is 0.410 e. The van der Waals surface area contributed by atoms with Crippen molar-refractivity contribution in [1.82, 2.24) is 4.90 Å². The topological polar surface area (TPSA) is 70.4 Å². The molecule has 0 aromatic rings. The minimum atomic E-state index is -0.496. The number of ketones is 1. The summed E-state index contributed by atoms with van der Waals surface area (Å²) in [5, 5.41) is 8.63. The van der Waals surface area contributed by atoms with Crippen LogP contribution in [0.15, 0.2) is 0 Å². The highest BCUT2D eigenvalue weighted by Crippen LogP contribution is 2.40. The van der Waals surface area contributed by atoms with Gasteiger partial charge in [0.25, 0.3) is 0 Å². The van der Waals surface area contributed by atoms with Gasteiger partial charge in [-0.3, -0.25) is 4.79 Å². The average Bonchev–Trinajstić information content (AvgIpc) is 2.58. The molecule has 0 aromatic heterocycles. The summed E-state index contributed by atoms with van der Waals surface area (Å²) in [4.78, 5) is 25.9. The molecule has 20 heavy (non-hydrogen) atoms. The second-order valence-electron chi connectivity index (χ2n) is 6.74. The number of nitrogens with zero attached hydrogens (tertiary/aromatic N) is 2. The Morgan fingerprint density at radius 3 is 2.25 bits per heavy atom. The molecule has 5 heteroatoms. The Hall–Kier alpha value is -1.57. The number of carbonyl (C=O) groups excluding carboxylic acids is 2. The van der Waals surface area contributed by atoms with E-state index in [1.54, 1.807) is 0 Å². The van der Waals surface area contributed by atoms with Crippen molar-refractivity contribution in [2.24, 2.45) is 5.92 Å². The van der Waals surface area contributed by atoms with Gasteiger partial charge in [-0.05, 0) is 46.5 Å². The maximum absolute atomic E-state index is 12.2. The van der Waals surface area contributed by atoms with Crippen molar-refractivity contribution in [3.8, 4) is 6.07 Å². The molecule has 2 unspecified atom stereocenters. The van der Waals surface area contributed by atoms with Crippen LogP contribution in [0.2, 0.25) is 0 Å². The minimum Gasteiger partial charge on any atom is -0.444 e. The number of carbonyl (C=O) groups is 2. The van der Waals surface area contributed by atoms with Gasteiger partial charge in [-0.1, -0.05) is 0 Å². The van der Waals surface area contributed by atoms with E-state index in [4.69, 9.17) is 10.00 Å². The van der Waals surface area contributed by atoms with Gasteiger partial charge >= 0.3 is 6.09 Å². The van der Waals surface area contributed by atoms with Crippen molar-refractivity contribution in [3.63, 3.8) is 0 Å². The molecule has 5 nitrogen and oxygen atoms in total. The van der Waals surface area contributed by atoms with Crippen LogP contribution in [0.5, 0.6) is 0 Å². The molecule has 2 atom stereocenters. The Morgan fingerprint density at radius 2 is 1.80 bits per heavy atom. The predicted octanol–water partition coefficient (Wildman–Crippen LogP) is 2.65. The molecule has 2 saturated heterocycles. The van der Waals surface area contributed by atoms with E-state index in [2.05, 4.69) is 0 Å². The molecular formula is C15H22N2O3. The van der Waals surface area contributed by atoms with Crippen LogP contribution in [0.4, 0.5) is 4.79 Å². The SMILES string of the molecule is CC(C)(C)OC(=O)N1C2CCC1CC(C(=O)CC#N)C2. The second kappa shape index (κ2) is 5.43. The number of hydrogen-bond donors (Lipinski definition) is 0. The summed E-state index contributed by atoms with van der Waals surface area (Å²) in [5.74, 6) is -0.0425. The summed E-state index contributed by atoms with van der Waals surface area (Å²) in [7, 11) is 0. The lowest BCUT2D eigenvalue weighted by Crippen LogP contribution is -2.49. The van der Waals surface area contributed by atoms with Crippen LogP contribution in [-0.2, 0) is 9.53 Å². The van der Waals surface area contributed by atoms with E-state index in [1.165, 1.54) is 0 Å². The lowest BCUT2D eigenvalue weighted by atomic mass is 9.86. The number of ether oxygens (including phenoxy) is 1. The first kappa shape index (κ1) is 14.8. The first-order valence-electron chi connectivity index (χ1n) is 7.23. The number of amides is 1. The van der Waals surface area contributed by atoms with Gasteiger partial charge in [0.15, 0.2) is 0 Å². The zero-order valence-corrected chi connectivity index (χ0v) is 12.4. The Balaban J connectivity index is 2.02. The monoisotopic (exact) mass is 278 g/mol. The first-order chi connectivity index (χ1) is 9.31. The van der Waals surface area contributed by atoms with Gasteiger partial charge in [-0.2, -0.15) is 5.26 Å². The molecule has 0 aromatic carbocycles. The third-order valence-electron chi connectivity index (χ3n) is 4.05. The van der Waals surface area contributed by atoms with Gasteiger partial charge in [0.1, 0.15) is 11.4 Å². The molecule has 2 fully saturated rings. The fraction of sp³-hybridized carbons (Fsp3) is 0.800. The van der Waals surface area contributed by atoms with Crippen LogP contribution in [0.1, 0.15) is 52.9 Å². The van der Waals surface area contributed by atoms with Crippen molar-refractivity contribution in [2.75, 3.05) is 0 Å². The Labute approximate surface area is 119 Å². The Morgan fingerprint density at radius 1 is 1.25 bits per heavy atom. The molecule has 110 valence electrons. The van der Waals surface area contributed by atoms with E-state index >= 15 is 0 Å². The molecule has 2 rings (SSSR count). The van der Waals surface area contributed by atoms with E-state index in [1.807, 2.05) is 31.7 Å². The highest BCUT2D eigenvalue weighted by Gasteiger charge is 2.46. The molecule has 0 spiro atoms. The fourth-order valence-corrected chi connectivity index (χ4v) is 3.27. The van der Waals surface area contributed by atoms with Crippen LogP contribution in [0.25, 0.3) is 0 Å². The van der Waals surface area contributed by atoms with Crippen molar-refractivity contribution < 1.29 is 14.3 Å². The molecule has 2 aliphatic rings. The van der Waals surface area contributed by atoms with Crippen LogP contribution in [0, 0.1) is 17.2 Å². The van der Waals surface area contributed by atoms with Crippen LogP contribution < -0.4 is 0 Å². The lowest BCUT2D eigenvalue weighted by molar-refractivity contribution is -0.124. The van der Waals surface area contributed by atoms with Gasteiger partial charge in [0.2, 0.25) is 0 Å². The van der Waals surface area contributed by atoms with Gasteiger partial charge in [-0.15, -0.1) is 0 Å². The lowest BCUT2D eigenvalue weighted by Gasteiger charge is -2.38. The number of piperidine rings is 1. The van der Waals surface area contributed by atoms with Gasteiger partial charge in [0, 0.05) is 18.0 Å². The molecule has 2 bridgehead atoms. The minimum absolute atomic E-state index is 0.0173. The molecule has 0 saturated carbocycles. The average molecular weight is 278 g/mol. The van der Waals surface area contributed by atoms with Gasteiger partial charge in [0.05, 0.1) is 12.5 Å². The fourth-order valence-electron chi connectivity index (χ4n) is 3.27. The van der Waals surface area contributed by atoms with Crippen molar-refractivity contribution in [2.45, 2.75) is 70.6 Å². The number of rotatable bonds is 2. The number of nitriles is 1. The number of Topliss-reactive ketones (excluding diaryl/α,β-unsaturated/α-hetero) is 1. The zero-order chi connectivity index (χ0) is 14.9. The summed E-state index contributed by atoms with van der Waals surface area (Å²) in [6, 6.07) is 2.11. The molecule has 0 radical (unpaired) electrons. The molecule has 2 aliphatic heterocycles. The summed E-state index contributed by atoms with van der Waals surface area (Å²) in [6.07, 6.45) is 2.93. The molecular weight excluding hydrogens is 256 g/mol. The summed E-state index contributed by atoms with van der Waals surface area (Å²) >= 11 is 0. The number of fused-ring (bicyclic) bond motifs is 2. The van der Waals surface area contributed by atoms with E-state index in [0.29, 0.717) is 12.8 Å². The van der Waals surface area contributed by atoms with Crippen molar-refractivity contribution in [3.05, 3.63) is 0 Å². The summed E-state index contributed by atoms with van der Waals surface area (Å²) in [5.41, 5.74) is -0.496. The summed E-state index contributed by atoms with van der Waals surface area (Å²) in [6.45, 7) is 5.57. The first-order valence-corrected chi connectivity index (χ1v) is 7.23. The Kier molecular flexibility index (Phi) is 4.03. The predicted molar refractivity (Wildman–Crippen MR) is 72.8 cm³/mol. The smallest absolute Gasteiger partial charge is 0.410 e. The molecule has 0 N–H and O–H groups in total. The molecule has 1 amide bonds. The second-order valence-corrected chi connectivity index (χ2v) is 6.74. The van der Waals surface area contributed by atoms with Crippen LogP contribution >= 0.6 is 0 Å². The third kappa shape index (κ3) is 3.12. The van der Waals surface area contributed by atoms with Gasteiger partial charge in [-0.25, -0.2) is 4.79 Å². The van der Waals surface area contributed by atoms with Crippen molar-refractivity contribution >= 4 is 11.9 Å². The highest BCUT2D eigenvalue weighted by molar-refractivity contribution is 5.83. The van der Waals surface area contributed by atoms with Crippen molar-refractivity contribution in [1.29, 1.82) is 5.26 Å². The van der Waals surface area contributed by atoms with E-state index in [0.717, 1.165) is 12.8 Å². The van der Waals surface area contributed by atoms with E-state index in [9.17, 15) is 9.59 Å². The Bertz CT molecular complexity index is 433. The number of hydrogen-bond acceptors (Lipinski definition) is 4. The van der Waals surface area contributed by atoms with Gasteiger partial charge < -0.3 is 9.64 Å². The summed E-state index contributed by atoms with van der Waals surface area (Å²) < 4.78 is 5.45. The molecule has 2 heterocycles. The largest absolute Gasteiger partial charge is 0.444 e. The van der Waals surface area contributed by atoms with Crippen LogP contribution in [0.3, 0.4) is 0 Å². The maximum atomic E-state index is 12.2. The third-order valence-corrected chi connectivity index (χ3v) is 4.05. The zero-order valence-electron chi connectivity index (χ0n) is 12.4. The highest BCUT2D eigenvalue weighted by atomic mass is 16.6. The normalized spacial score (nSPS) is 28.9. The van der Waals surface area contributed by atoms with E-state index in [-0.39, 0.29) is 36.3 Å². The molecule has 0 aliphatic carbocycles. The van der Waals surface area contributed by atoms with Crippen LogP contribution in [-0.4, -0.2) is 34.5 Å². The quantitative estimate of drug-likeness (QED) is 0.778. The van der Waals surface area contributed by atoms with E-state index < -0.39 is 5.60 Å². The standard InChI is InChI=1S/C15H22N2O3/c1-15(2,3)20-14(19)17-11-4-5-12(17)9-10(8-11)13(18)6-7-16/h10-12H,4-6,8-9H2,1-3H3.